The Labute approximate surface area is 156 Å². The molecule has 0 amide bonds. The average molecular weight is 387 g/mol. The number of halogens is 1. The maximum absolute atomic E-state index is 13.9. The summed E-state index contributed by atoms with van der Waals surface area (Å²) in [5.41, 5.74) is 0.697. The molecule has 1 aromatic carbocycles. The molecule has 0 aliphatic heterocycles. The standard InChI is InChI=1S/C19H31FN2O3S/c1-14(2)21-10-4-5-11-26(23,24)22-15(3)17-8-9-18(20)19(12-17)25-13-16-6-7-16/h8-9,12,14-16,21-22H,4-7,10-11,13H2,1-3H3/t15-/m1/s1. The van der Waals surface area contributed by atoms with Gasteiger partial charge in [0, 0.05) is 12.1 Å². The SMILES string of the molecule is CC(C)NCCCCS(=O)(=O)N[C@H](C)c1ccc(F)c(OCC2CC2)c1. The van der Waals surface area contributed by atoms with Gasteiger partial charge in [-0.25, -0.2) is 17.5 Å². The molecule has 1 atom stereocenters. The van der Waals surface area contributed by atoms with Crippen molar-refractivity contribution in [2.75, 3.05) is 18.9 Å². The third kappa shape index (κ3) is 7.60. The number of hydrogen-bond donors (Lipinski definition) is 2. The van der Waals surface area contributed by atoms with Gasteiger partial charge in [-0.3, -0.25) is 0 Å². The quantitative estimate of drug-likeness (QED) is 0.541. The fourth-order valence-electron chi connectivity index (χ4n) is 2.60. The Balaban J connectivity index is 1.84. The van der Waals surface area contributed by atoms with E-state index in [0.29, 0.717) is 30.6 Å². The van der Waals surface area contributed by atoms with E-state index in [-0.39, 0.29) is 11.5 Å². The van der Waals surface area contributed by atoms with E-state index in [1.807, 2.05) is 0 Å². The zero-order valence-electron chi connectivity index (χ0n) is 15.9. The van der Waals surface area contributed by atoms with Gasteiger partial charge in [0.15, 0.2) is 11.6 Å². The van der Waals surface area contributed by atoms with E-state index in [9.17, 15) is 12.8 Å². The molecule has 0 heterocycles. The van der Waals surface area contributed by atoms with Gasteiger partial charge in [-0.05, 0) is 62.8 Å². The summed E-state index contributed by atoms with van der Waals surface area (Å²) in [6.07, 6.45) is 3.67. The first kappa shape index (κ1) is 21.1. The number of benzene rings is 1. The van der Waals surface area contributed by atoms with Crippen molar-refractivity contribution in [3.8, 4) is 5.75 Å². The highest BCUT2D eigenvalue weighted by molar-refractivity contribution is 7.89. The van der Waals surface area contributed by atoms with Crippen LogP contribution in [0, 0.1) is 11.7 Å². The highest BCUT2D eigenvalue weighted by Crippen LogP contribution is 2.31. The maximum atomic E-state index is 13.9. The molecule has 0 saturated heterocycles. The van der Waals surface area contributed by atoms with Crippen LogP contribution < -0.4 is 14.8 Å². The van der Waals surface area contributed by atoms with Crippen LogP contribution in [0.4, 0.5) is 4.39 Å². The van der Waals surface area contributed by atoms with Crippen molar-refractivity contribution in [2.45, 2.75) is 58.5 Å². The molecule has 0 spiro atoms. The van der Waals surface area contributed by atoms with E-state index in [0.717, 1.165) is 25.8 Å². The van der Waals surface area contributed by atoms with Gasteiger partial charge in [-0.2, -0.15) is 0 Å². The number of nitrogens with one attached hydrogen (secondary N) is 2. The summed E-state index contributed by atoms with van der Waals surface area (Å²) in [4.78, 5) is 0. The Morgan fingerprint density at radius 3 is 2.62 bits per heavy atom. The molecule has 2 N–H and O–H groups in total. The van der Waals surface area contributed by atoms with Crippen LogP contribution >= 0.6 is 0 Å². The van der Waals surface area contributed by atoms with Crippen LogP contribution in [-0.4, -0.2) is 33.4 Å². The fourth-order valence-corrected chi connectivity index (χ4v) is 3.97. The molecule has 1 aliphatic rings. The van der Waals surface area contributed by atoms with Crippen LogP contribution in [0.2, 0.25) is 0 Å². The van der Waals surface area contributed by atoms with Crippen LogP contribution in [0.5, 0.6) is 5.75 Å². The van der Waals surface area contributed by atoms with Crippen LogP contribution in [0.3, 0.4) is 0 Å². The first-order valence-electron chi connectivity index (χ1n) is 9.42. The molecule has 0 aromatic heterocycles. The van der Waals surface area contributed by atoms with Gasteiger partial charge in [0.2, 0.25) is 10.0 Å². The van der Waals surface area contributed by atoms with Gasteiger partial charge in [-0.15, -0.1) is 0 Å². The van der Waals surface area contributed by atoms with Crippen molar-refractivity contribution in [1.82, 2.24) is 10.0 Å². The average Bonchev–Trinajstić information content (AvgIpc) is 3.37. The minimum Gasteiger partial charge on any atom is -0.490 e. The van der Waals surface area contributed by atoms with Gasteiger partial charge in [0.25, 0.3) is 0 Å². The van der Waals surface area contributed by atoms with E-state index < -0.39 is 21.9 Å². The molecule has 7 heteroatoms. The monoisotopic (exact) mass is 386 g/mol. The Morgan fingerprint density at radius 2 is 1.96 bits per heavy atom. The maximum Gasteiger partial charge on any atom is 0.212 e. The van der Waals surface area contributed by atoms with E-state index in [1.165, 1.54) is 6.07 Å². The summed E-state index contributed by atoms with van der Waals surface area (Å²) in [6.45, 7) is 7.21. The van der Waals surface area contributed by atoms with Crippen molar-refractivity contribution in [3.63, 3.8) is 0 Å². The van der Waals surface area contributed by atoms with Gasteiger partial charge in [0.05, 0.1) is 12.4 Å². The Kier molecular flexibility index (Phi) is 7.85. The molecule has 0 radical (unpaired) electrons. The largest absolute Gasteiger partial charge is 0.490 e. The van der Waals surface area contributed by atoms with Crippen LogP contribution in [0.15, 0.2) is 18.2 Å². The molecular formula is C19H31FN2O3S. The Morgan fingerprint density at radius 1 is 1.23 bits per heavy atom. The van der Waals surface area contributed by atoms with Crippen LogP contribution in [-0.2, 0) is 10.0 Å². The van der Waals surface area contributed by atoms with Crippen LogP contribution in [0.25, 0.3) is 0 Å². The normalized spacial score (nSPS) is 16.0. The molecule has 2 rings (SSSR count). The summed E-state index contributed by atoms with van der Waals surface area (Å²) in [5.74, 6) is 0.394. The highest BCUT2D eigenvalue weighted by atomic mass is 32.2. The summed E-state index contributed by atoms with van der Waals surface area (Å²) in [5, 5.41) is 3.27. The zero-order valence-corrected chi connectivity index (χ0v) is 16.7. The predicted molar refractivity (Wildman–Crippen MR) is 102 cm³/mol. The molecule has 1 fully saturated rings. The lowest BCUT2D eigenvalue weighted by Crippen LogP contribution is -2.30. The lowest BCUT2D eigenvalue weighted by Gasteiger charge is -2.16. The molecule has 1 aromatic rings. The second-order valence-corrected chi connectivity index (χ2v) is 9.29. The van der Waals surface area contributed by atoms with E-state index in [1.54, 1.807) is 19.1 Å². The van der Waals surface area contributed by atoms with Crippen molar-refractivity contribution in [2.24, 2.45) is 5.92 Å². The Bertz CT molecular complexity index is 675. The molecule has 148 valence electrons. The molecule has 5 nitrogen and oxygen atoms in total. The van der Waals surface area contributed by atoms with E-state index in [2.05, 4.69) is 23.9 Å². The summed E-state index contributed by atoms with van der Waals surface area (Å²) >= 11 is 0. The third-order valence-electron chi connectivity index (χ3n) is 4.38. The second-order valence-electron chi connectivity index (χ2n) is 7.42. The van der Waals surface area contributed by atoms with E-state index >= 15 is 0 Å². The minimum absolute atomic E-state index is 0.0867. The number of ether oxygens (including phenoxy) is 1. The fraction of sp³-hybridized carbons (Fsp3) is 0.684. The van der Waals surface area contributed by atoms with Crippen molar-refractivity contribution >= 4 is 10.0 Å². The van der Waals surface area contributed by atoms with Gasteiger partial charge in [0.1, 0.15) is 0 Å². The minimum atomic E-state index is -3.38. The molecule has 0 bridgehead atoms. The first-order valence-corrected chi connectivity index (χ1v) is 11.1. The van der Waals surface area contributed by atoms with Crippen LogP contribution in [0.1, 0.15) is 58.1 Å². The Hall–Kier alpha value is -1.18. The summed E-state index contributed by atoms with van der Waals surface area (Å²) in [7, 11) is -3.38. The molecule has 0 unspecified atom stereocenters. The van der Waals surface area contributed by atoms with Crippen molar-refractivity contribution < 1.29 is 17.5 Å². The molecule has 1 aliphatic carbocycles. The number of sulfonamides is 1. The molecule has 26 heavy (non-hydrogen) atoms. The van der Waals surface area contributed by atoms with E-state index in [4.69, 9.17) is 4.74 Å². The predicted octanol–water partition coefficient (Wildman–Crippen LogP) is 3.37. The van der Waals surface area contributed by atoms with Crippen molar-refractivity contribution in [3.05, 3.63) is 29.6 Å². The number of hydrogen-bond acceptors (Lipinski definition) is 4. The van der Waals surface area contributed by atoms with Gasteiger partial charge >= 0.3 is 0 Å². The summed E-state index contributed by atoms with van der Waals surface area (Å²) in [6, 6.07) is 4.49. The third-order valence-corrected chi connectivity index (χ3v) is 5.91. The first-order chi connectivity index (χ1) is 12.3. The second kappa shape index (κ2) is 9.67. The molecular weight excluding hydrogens is 355 g/mol. The van der Waals surface area contributed by atoms with Gasteiger partial charge in [-0.1, -0.05) is 19.9 Å². The topological polar surface area (TPSA) is 67.4 Å². The smallest absolute Gasteiger partial charge is 0.212 e. The summed E-state index contributed by atoms with van der Waals surface area (Å²) < 4.78 is 46.6. The number of unbranched alkanes of at least 4 members (excludes halogenated alkanes) is 1. The highest BCUT2D eigenvalue weighted by Gasteiger charge is 2.23. The molecule has 1 saturated carbocycles. The van der Waals surface area contributed by atoms with Gasteiger partial charge < -0.3 is 10.1 Å². The zero-order chi connectivity index (χ0) is 19.2. The lowest BCUT2D eigenvalue weighted by molar-refractivity contribution is 0.285. The lowest BCUT2D eigenvalue weighted by atomic mass is 10.1. The number of rotatable bonds is 12. The van der Waals surface area contributed by atoms with Crippen molar-refractivity contribution in [1.29, 1.82) is 0 Å².